The highest BCUT2D eigenvalue weighted by atomic mass is 35.5. The molecule has 2 rings (SSSR count). The Balaban J connectivity index is 2.09. The molecular weight excluding hydrogens is 256 g/mol. The summed E-state index contributed by atoms with van der Waals surface area (Å²) in [6, 6.07) is 9.01. The largest absolute Gasteiger partial charge is 0.335 e. The lowest BCUT2D eigenvalue weighted by Crippen LogP contribution is -2.26. The van der Waals surface area contributed by atoms with Crippen molar-refractivity contribution in [2.45, 2.75) is 6.54 Å². The van der Waals surface area contributed by atoms with Gasteiger partial charge in [0.2, 0.25) is 0 Å². The second kappa shape index (κ2) is 5.29. The molecule has 5 heteroatoms. The van der Waals surface area contributed by atoms with Crippen LogP contribution in [0.15, 0.2) is 35.7 Å². The van der Waals surface area contributed by atoms with Gasteiger partial charge in [-0.25, -0.2) is 4.98 Å². The average Bonchev–Trinajstić information content (AvgIpc) is 2.80. The zero-order valence-corrected chi connectivity index (χ0v) is 10.8. The van der Waals surface area contributed by atoms with E-state index in [9.17, 15) is 4.79 Å². The summed E-state index contributed by atoms with van der Waals surface area (Å²) in [6.45, 7) is 0.588. The molecule has 0 aromatic carbocycles. The molecule has 0 aliphatic rings. The van der Waals surface area contributed by atoms with Gasteiger partial charge in [0.25, 0.3) is 5.91 Å². The number of aromatic nitrogens is 1. The van der Waals surface area contributed by atoms with Gasteiger partial charge in [-0.2, -0.15) is 0 Å². The van der Waals surface area contributed by atoms with E-state index in [0.717, 1.165) is 4.88 Å². The smallest absolute Gasteiger partial charge is 0.272 e. The first-order chi connectivity index (χ1) is 8.16. The molecular formula is C12H11ClN2OS. The van der Waals surface area contributed by atoms with Crippen LogP contribution in [0.2, 0.25) is 5.15 Å². The van der Waals surface area contributed by atoms with Crippen LogP contribution in [0.5, 0.6) is 0 Å². The molecule has 2 aromatic rings. The zero-order valence-electron chi connectivity index (χ0n) is 9.26. The summed E-state index contributed by atoms with van der Waals surface area (Å²) in [5.41, 5.74) is 0.372. The van der Waals surface area contributed by atoms with Crippen molar-refractivity contribution in [1.82, 2.24) is 9.88 Å². The molecule has 17 heavy (non-hydrogen) atoms. The molecule has 0 aliphatic carbocycles. The Labute approximate surface area is 109 Å². The third-order valence-corrected chi connectivity index (χ3v) is 3.33. The summed E-state index contributed by atoms with van der Waals surface area (Å²) >= 11 is 7.38. The number of hydrogen-bond donors (Lipinski definition) is 0. The molecule has 1 amide bonds. The number of pyridine rings is 1. The Morgan fingerprint density at radius 3 is 2.88 bits per heavy atom. The van der Waals surface area contributed by atoms with Crippen LogP contribution in [0.3, 0.4) is 0 Å². The Kier molecular flexibility index (Phi) is 3.76. The molecule has 0 unspecified atom stereocenters. The number of rotatable bonds is 3. The molecule has 0 spiro atoms. The maximum atomic E-state index is 12.0. The van der Waals surface area contributed by atoms with Crippen molar-refractivity contribution < 1.29 is 4.79 Å². The van der Waals surface area contributed by atoms with Crippen molar-refractivity contribution in [3.63, 3.8) is 0 Å². The number of halogens is 1. The lowest BCUT2D eigenvalue weighted by atomic mass is 10.3. The van der Waals surface area contributed by atoms with Gasteiger partial charge in [-0.05, 0) is 23.6 Å². The number of carbonyl (C=O) groups excluding carboxylic acids is 1. The summed E-state index contributed by atoms with van der Waals surface area (Å²) in [5.74, 6) is -0.124. The summed E-state index contributed by atoms with van der Waals surface area (Å²) in [5, 5.41) is 2.33. The monoisotopic (exact) mass is 266 g/mol. The maximum Gasteiger partial charge on any atom is 0.272 e. The topological polar surface area (TPSA) is 33.2 Å². The van der Waals surface area contributed by atoms with Gasteiger partial charge in [0.05, 0.1) is 6.54 Å². The van der Waals surface area contributed by atoms with E-state index in [1.54, 1.807) is 41.5 Å². The van der Waals surface area contributed by atoms with Crippen LogP contribution in [0.1, 0.15) is 15.4 Å². The lowest BCUT2D eigenvalue weighted by Gasteiger charge is -2.15. The van der Waals surface area contributed by atoms with Gasteiger partial charge in [-0.3, -0.25) is 4.79 Å². The van der Waals surface area contributed by atoms with Gasteiger partial charge in [0, 0.05) is 11.9 Å². The Morgan fingerprint density at radius 2 is 2.24 bits per heavy atom. The van der Waals surface area contributed by atoms with Crippen LogP contribution in [0, 0.1) is 0 Å². The van der Waals surface area contributed by atoms with Gasteiger partial charge in [0.15, 0.2) is 0 Å². The minimum absolute atomic E-state index is 0.124. The van der Waals surface area contributed by atoms with E-state index < -0.39 is 0 Å². The van der Waals surface area contributed by atoms with Crippen LogP contribution >= 0.6 is 22.9 Å². The zero-order chi connectivity index (χ0) is 12.3. The maximum absolute atomic E-state index is 12.0. The van der Waals surface area contributed by atoms with Gasteiger partial charge < -0.3 is 4.90 Å². The third kappa shape index (κ3) is 3.05. The molecule has 0 saturated heterocycles. The average molecular weight is 267 g/mol. The molecule has 0 bridgehead atoms. The molecule has 0 radical (unpaired) electrons. The van der Waals surface area contributed by atoms with E-state index in [1.165, 1.54) is 0 Å². The molecule has 3 nitrogen and oxygen atoms in total. The normalized spacial score (nSPS) is 10.2. The SMILES string of the molecule is CN(Cc1cccs1)C(=O)c1cccc(Cl)n1. The van der Waals surface area contributed by atoms with Crippen LogP contribution in [0.4, 0.5) is 0 Å². The fourth-order valence-electron chi connectivity index (χ4n) is 1.43. The first kappa shape index (κ1) is 12.1. The first-order valence-electron chi connectivity index (χ1n) is 5.07. The lowest BCUT2D eigenvalue weighted by molar-refractivity contribution is 0.0780. The van der Waals surface area contributed by atoms with Gasteiger partial charge in [-0.15, -0.1) is 11.3 Å². The van der Waals surface area contributed by atoms with Gasteiger partial charge >= 0.3 is 0 Å². The Bertz CT molecular complexity index is 513. The van der Waals surface area contributed by atoms with E-state index in [0.29, 0.717) is 17.4 Å². The number of nitrogens with zero attached hydrogens (tertiary/aromatic N) is 2. The van der Waals surface area contributed by atoms with Gasteiger partial charge in [0.1, 0.15) is 10.8 Å². The Hall–Kier alpha value is -1.39. The summed E-state index contributed by atoms with van der Waals surface area (Å²) in [7, 11) is 1.75. The fraction of sp³-hybridized carbons (Fsp3) is 0.167. The number of hydrogen-bond acceptors (Lipinski definition) is 3. The van der Waals surface area contributed by atoms with Crippen molar-refractivity contribution >= 4 is 28.8 Å². The number of thiophene rings is 1. The van der Waals surface area contributed by atoms with Crippen LogP contribution in [0.25, 0.3) is 0 Å². The molecule has 0 saturated carbocycles. The number of amides is 1. The predicted octanol–water partition coefficient (Wildman–Crippen LogP) is 3.07. The molecule has 2 heterocycles. The minimum atomic E-state index is -0.124. The number of carbonyl (C=O) groups is 1. The highest BCUT2D eigenvalue weighted by Crippen LogP contribution is 2.13. The van der Waals surface area contributed by atoms with Crippen molar-refractivity contribution in [2.24, 2.45) is 0 Å². The molecule has 0 N–H and O–H groups in total. The molecule has 88 valence electrons. The van der Waals surface area contributed by atoms with Crippen LogP contribution in [-0.4, -0.2) is 22.8 Å². The van der Waals surface area contributed by atoms with E-state index in [1.807, 2.05) is 17.5 Å². The van der Waals surface area contributed by atoms with Crippen molar-refractivity contribution in [1.29, 1.82) is 0 Å². The standard InChI is InChI=1S/C12H11ClN2OS/c1-15(8-9-4-3-7-17-9)12(16)10-5-2-6-11(13)14-10/h2-7H,8H2,1H3. The quantitative estimate of drug-likeness (QED) is 0.800. The molecule has 0 atom stereocenters. The fourth-order valence-corrected chi connectivity index (χ4v) is 2.35. The van der Waals surface area contributed by atoms with E-state index >= 15 is 0 Å². The second-order valence-electron chi connectivity index (χ2n) is 3.59. The van der Waals surface area contributed by atoms with Crippen molar-refractivity contribution in [3.05, 3.63) is 51.4 Å². The van der Waals surface area contributed by atoms with Crippen LogP contribution in [-0.2, 0) is 6.54 Å². The van der Waals surface area contributed by atoms with Gasteiger partial charge in [-0.1, -0.05) is 23.7 Å². The summed E-state index contributed by atoms with van der Waals surface area (Å²) < 4.78 is 0. The van der Waals surface area contributed by atoms with Crippen LogP contribution < -0.4 is 0 Å². The third-order valence-electron chi connectivity index (χ3n) is 2.25. The molecule has 2 aromatic heterocycles. The highest BCUT2D eigenvalue weighted by molar-refractivity contribution is 7.09. The van der Waals surface area contributed by atoms with Crippen molar-refractivity contribution in [2.75, 3.05) is 7.05 Å². The molecule has 0 fully saturated rings. The predicted molar refractivity (Wildman–Crippen MR) is 69.4 cm³/mol. The summed E-state index contributed by atoms with van der Waals surface area (Å²) in [4.78, 5) is 18.8. The minimum Gasteiger partial charge on any atom is -0.335 e. The van der Waals surface area contributed by atoms with Crippen molar-refractivity contribution in [3.8, 4) is 0 Å². The molecule has 0 aliphatic heterocycles. The second-order valence-corrected chi connectivity index (χ2v) is 5.01. The van der Waals surface area contributed by atoms with E-state index in [-0.39, 0.29) is 5.91 Å². The summed E-state index contributed by atoms with van der Waals surface area (Å²) in [6.07, 6.45) is 0. The first-order valence-corrected chi connectivity index (χ1v) is 6.33. The van der Waals surface area contributed by atoms with E-state index in [2.05, 4.69) is 4.98 Å². The van der Waals surface area contributed by atoms with E-state index in [4.69, 9.17) is 11.6 Å². The highest BCUT2D eigenvalue weighted by Gasteiger charge is 2.13. The Morgan fingerprint density at radius 1 is 1.41 bits per heavy atom.